The Bertz CT molecular complexity index is 633. The molecule has 2 aromatic rings. The fourth-order valence-corrected chi connectivity index (χ4v) is 2.08. The second-order valence-electron chi connectivity index (χ2n) is 3.85. The molecule has 1 aromatic carbocycles. The molecule has 7 heteroatoms. The normalized spacial score (nSPS) is 12.1. The van der Waals surface area contributed by atoms with Crippen LogP contribution in [-0.4, -0.2) is 31.0 Å². The van der Waals surface area contributed by atoms with Gasteiger partial charge < -0.3 is 5.73 Å². The summed E-state index contributed by atoms with van der Waals surface area (Å²) in [7, 11) is -3.15. The van der Waals surface area contributed by atoms with Crippen LogP contribution in [0, 0.1) is 0 Å². The molecule has 1 aromatic heterocycles. The van der Waals surface area contributed by atoms with Crippen LogP contribution in [0.3, 0.4) is 0 Å². The summed E-state index contributed by atoms with van der Waals surface area (Å²) in [5.41, 5.74) is 7.29. The molecule has 1 heterocycles. The number of hydrogen-bond acceptors (Lipinski definition) is 4. The van der Waals surface area contributed by atoms with Gasteiger partial charge in [0.15, 0.2) is 0 Å². The van der Waals surface area contributed by atoms with Gasteiger partial charge in [0.25, 0.3) is 0 Å². The minimum atomic E-state index is -3.15. The third-order valence-electron chi connectivity index (χ3n) is 2.35. The van der Waals surface area contributed by atoms with Crippen molar-refractivity contribution >= 4 is 26.6 Å². The molecule has 17 heavy (non-hydrogen) atoms. The molecule has 3 N–H and O–H groups in total. The molecule has 0 aliphatic carbocycles. The first-order valence-corrected chi connectivity index (χ1v) is 7.00. The summed E-state index contributed by atoms with van der Waals surface area (Å²) >= 11 is 0. The van der Waals surface area contributed by atoms with Crippen molar-refractivity contribution in [1.29, 1.82) is 0 Å². The number of rotatable bonds is 4. The fraction of sp³-hybridized carbons (Fsp3) is 0.300. The Morgan fingerprint density at radius 2 is 2.24 bits per heavy atom. The summed E-state index contributed by atoms with van der Waals surface area (Å²) in [6.07, 6.45) is 2.85. The van der Waals surface area contributed by atoms with Gasteiger partial charge in [-0.3, -0.25) is 4.68 Å². The molecule has 2 rings (SSSR count). The highest BCUT2D eigenvalue weighted by Gasteiger charge is 2.04. The molecule has 0 bridgehead atoms. The second-order valence-corrected chi connectivity index (χ2v) is 5.69. The van der Waals surface area contributed by atoms with Gasteiger partial charge in [0.05, 0.1) is 24.5 Å². The number of fused-ring (bicyclic) bond motifs is 1. The number of nitrogen functional groups attached to an aromatic ring is 1. The zero-order chi connectivity index (χ0) is 12.5. The molecule has 0 saturated carbocycles. The van der Waals surface area contributed by atoms with Crippen molar-refractivity contribution in [3.63, 3.8) is 0 Å². The van der Waals surface area contributed by atoms with E-state index >= 15 is 0 Å². The van der Waals surface area contributed by atoms with Crippen LogP contribution in [0.5, 0.6) is 0 Å². The van der Waals surface area contributed by atoms with Gasteiger partial charge in [0.1, 0.15) is 0 Å². The number of aromatic nitrogens is 2. The van der Waals surface area contributed by atoms with Crippen LogP contribution in [0.1, 0.15) is 0 Å². The summed E-state index contributed by atoms with van der Waals surface area (Å²) in [6, 6.07) is 5.51. The zero-order valence-corrected chi connectivity index (χ0v) is 10.2. The Labute approximate surface area is 99.5 Å². The Hall–Kier alpha value is -1.60. The van der Waals surface area contributed by atoms with Crippen molar-refractivity contribution < 1.29 is 8.42 Å². The Morgan fingerprint density at radius 1 is 1.47 bits per heavy atom. The molecule has 0 amide bonds. The van der Waals surface area contributed by atoms with Crippen molar-refractivity contribution in [3.05, 3.63) is 24.4 Å². The van der Waals surface area contributed by atoms with E-state index in [0.717, 1.165) is 17.2 Å². The van der Waals surface area contributed by atoms with Gasteiger partial charge in [-0.15, -0.1) is 0 Å². The minimum Gasteiger partial charge on any atom is -0.399 e. The van der Waals surface area contributed by atoms with E-state index in [0.29, 0.717) is 18.8 Å². The van der Waals surface area contributed by atoms with E-state index in [4.69, 9.17) is 5.73 Å². The second kappa shape index (κ2) is 4.34. The van der Waals surface area contributed by atoms with Gasteiger partial charge in [-0.1, -0.05) is 0 Å². The summed E-state index contributed by atoms with van der Waals surface area (Å²) in [4.78, 5) is 0. The molecule has 0 spiro atoms. The third kappa shape index (κ3) is 2.95. The minimum absolute atomic E-state index is 0.319. The van der Waals surface area contributed by atoms with Gasteiger partial charge in [-0.2, -0.15) is 5.10 Å². The standard InChI is InChI=1S/C10H14N4O2S/c1-17(15,16)13-4-5-14-10-3-2-9(11)6-8(10)7-12-14/h2-3,6-7,13H,4-5,11H2,1H3. The van der Waals surface area contributed by atoms with Crippen LogP contribution >= 0.6 is 0 Å². The summed E-state index contributed by atoms with van der Waals surface area (Å²) in [5.74, 6) is 0. The lowest BCUT2D eigenvalue weighted by atomic mass is 10.2. The van der Waals surface area contributed by atoms with E-state index < -0.39 is 10.0 Å². The number of nitrogens with two attached hydrogens (primary N) is 1. The lowest BCUT2D eigenvalue weighted by molar-refractivity contribution is 0.571. The van der Waals surface area contributed by atoms with Crippen LogP contribution in [0.2, 0.25) is 0 Å². The number of nitrogens with one attached hydrogen (secondary N) is 1. The number of sulfonamides is 1. The van der Waals surface area contributed by atoms with Crippen LogP contribution in [0.15, 0.2) is 24.4 Å². The van der Waals surface area contributed by atoms with Gasteiger partial charge in [-0.25, -0.2) is 13.1 Å². The maximum absolute atomic E-state index is 10.9. The molecule has 0 fully saturated rings. The molecular weight excluding hydrogens is 240 g/mol. The molecule has 6 nitrogen and oxygen atoms in total. The quantitative estimate of drug-likeness (QED) is 0.761. The predicted molar refractivity (Wildman–Crippen MR) is 67.0 cm³/mol. The average Bonchev–Trinajstić information content (AvgIpc) is 2.59. The summed E-state index contributed by atoms with van der Waals surface area (Å²) in [5, 5.41) is 5.13. The highest BCUT2D eigenvalue weighted by Crippen LogP contribution is 2.16. The van der Waals surface area contributed by atoms with Crippen LogP contribution in [0.4, 0.5) is 5.69 Å². The molecule has 0 atom stereocenters. The van der Waals surface area contributed by atoms with Gasteiger partial charge >= 0.3 is 0 Å². The first kappa shape index (κ1) is 11.9. The third-order valence-corrected chi connectivity index (χ3v) is 3.08. The summed E-state index contributed by atoms with van der Waals surface area (Å²) in [6.45, 7) is 0.806. The highest BCUT2D eigenvalue weighted by atomic mass is 32.2. The Balaban J connectivity index is 2.14. The first-order chi connectivity index (χ1) is 7.96. The number of hydrogen-bond donors (Lipinski definition) is 2. The average molecular weight is 254 g/mol. The topological polar surface area (TPSA) is 90.0 Å². The lowest BCUT2D eigenvalue weighted by Gasteiger charge is -2.04. The Morgan fingerprint density at radius 3 is 2.94 bits per heavy atom. The van der Waals surface area contributed by atoms with E-state index in [9.17, 15) is 8.42 Å². The van der Waals surface area contributed by atoms with Crippen LogP contribution in [0.25, 0.3) is 10.9 Å². The fourth-order valence-electron chi connectivity index (χ4n) is 1.62. The first-order valence-electron chi connectivity index (χ1n) is 5.11. The van der Waals surface area contributed by atoms with Crippen molar-refractivity contribution in [2.45, 2.75) is 6.54 Å². The number of benzene rings is 1. The monoisotopic (exact) mass is 254 g/mol. The van der Waals surface area contributed by atoms with Crippen LogP contribution < -0.4 is 10.5 Å². The predicted octanol–water partition coefficient (Wildman–Crippen LogP) is 0.168. The Kier molecular flexibility index (Phi) is 3.03. The molecule has 92 valence electrons. The van der Waals surface area contributed by atoms with E-state index in [1.54, 1.807) is 16.9 Å². The van der Waals surface area contributed by atoms with E-state index in [1.165, 1.54) is 0 Å². The van der Waals surface area contributed by atoms with Crippen molar-refractivity contribution in [1.82, 2.24) is 14.5 Å². The molecule has 0 saturated heterocycles. The zero-order valence-electron chi connectivity index (χ0n) is 9.42. The highest BCUT2D eigenvalue weighted by molar-refractivity contribution is 7.88. The maximum Gasteiger partial charge on any atom is 0.208 e. The van der Waals surface area contributed by atoms with Gasteiger partial charge in [0.2, 0.25) is 10.0 Å². The maximum atomic E-state index is 10.9. The van der Waals surface area contributed by atoms with E-state index in [-0.39, 0.29) is 0 Å². The SMILES string of the molecule is CS(=O)(=O)NCCn1ncc2cc(N)ccc21. The molecule has 0 radical (unpaired) electrons. The van der Waals surface area contributed by atoms with Crippen LogP contribution in [-0.2, 0) is 16.6 Å². The van der Waals surface area contributed by atoms with E-state index in [2.05, 4.69) is 9.82 Å². The largest absolute Gasteiger partial charge is 0.399 e. The molecule has 0 unspecified atom stereocenters. The molecule has 0 aliphatic rings. The van der Waals surface area contributed by atoms with Gasteiger partial charge in [0, 0.05) is 17.6 Å². The van der Waals surface area contributed by atoms with E-state index in [1.807, 2.05) is 12.1 Å². The van der Waals surface area contributed by atoms with Crippen molar-refractivity contribution in [2.24, 2.45) is 0 Å². The van der Waals surface area contributed by atoms with Gasteiger partial charge in [-0.05, 0) is 18.2 Å². The number of anilines is 1. The smallest absolute Gasteiger partial charge is 0.208 e. The number of nitrogens with zero attached hydrogens (tertiary/aromatic N) is 2. The molecule has 0 aliphatic heterocycles. The van der Waals surface area contributed by atoms with Crippen molar-refractivity contribution in [3.8, 4) is 0 Å². The lowest BCUT2D eigenvalue weighted by Crippen LogP contribution is -2.26. The summed E-state index contributed by atoms with van der Waals surface area (Å²) < 4.78 is 26.0. The molecular formula is C10H14N4O2S. The van der Waals surface area contributed by atoms with Crippen molar-refractivity contribution in [2.75, 3.05) is 18.5 Å².